The van der Waals surface area contributed by atoms with E-state index in [1.807, 2.05) is 0 Å². The maximum atomic E-state index is 10.8. The van der Waals surface area contributed by atoms with Crippen LogP contribution in [0.5, 0.6) is 0 Å². The molecule has 1 rings (SSSR count). The van der Waals surface area contributed by atoms with Crippen molar-refractivity contribution in [1.82, 2.24) is 4.90 Å². The molecule has 1 aliphatic heterocycles. The van der Waals surface area contributed by atoms with Crippen LogP contribution in [0.3, 0.4) is 0 Å². The van der Waals surface area contributed by atoms with Gasteiger partial charge in [0, 0.05) is 24.1 Å². The Morgan fingerprint density at radius 2 is 2.31 bits per heavy atom. The monoisotopic (exact) mass is 247 g/mol. The van der Waals surface area contributed by atoms with Crippen LogP contribution in [-0.4, -0.2) is 53.3 Å². The Bertz CT molecular complexity index is 259. The second-order valence-corrected chi connectivity index (χ2v) is 4.82. The van der Waals surface area contributed by atoms with Crippen LogP contribution in [0.1, 0.15) is 19.3 Å². The van der Waals surface area contributed by atoms with Crippen LogP contribution in [0.25, 0.3) is 0 Å². The van der Waals surface area contributed by atoms with Crippen molar-refractivity contribution in [2.45, 2.75) is 25.3 Å². The van der Waals surface area contributed by atoms with Crippen molar-refractivity contribution in [3.63, 3.8) is 0 Å². The molecule has 16 heavy (non-hydrogen) atoms. The van der Waals surface area contributed by atoms with Crippen molar-refractivity contribution in [3.8, 4) is 0 Å². The number of hydrogen-bond acceptors (Lipinski definition) is 4. The number of rotatable bonds is 5. The Labute approximate surface area is 99.1 Å². The Morgan fingerprint density at radius 3 is 2.94 bits per heavy atom. The van der Waals surface area contributed by atoms with Gasteiger partial charge in [-0.1, -0.05) is 0 Å². The molecule has 1 unspecified atom stereocenters. The number of likely N-dealkylation sites (tertiary alicyclic amines) is 1. The summed E-state index contributed by atoms with van der Waals surface area (Å²) in [6, 6.07) is 0.111. The average Bonchev–Trinajstić information content (AvgIpc) is 2.72. The van der Waals surface area contributed by atoms with E-state index in [-0.39, 0.29) is 12.0 Å². The van der Waals surface area contributed by atoms with E-state index in [9.17, 15) is 9.59 Å². The molecular formula is C10H17NO4S. The number of carboxylic acid groups (broad SMARTS) is 1. The van der Waals surface area contributed by atoms with Gasteiger partial charge in [0.2, 0.25) is 0 Å². The highest BCUT2D eigenvalue weighted by Crippen LogP contribution is 2.21. The summed E-state index contributed by atoms with van der Waals surface area (Å²) in [6.07, 6.45) is 1.42. The van der Waals surface area contributed by atoms with Crippen LogP contribution >= 0.6 is 11.8 Å². The molecule has 92 valence electrons. The first kappa shape index (κ1) is 13.2. The molecule has 1 N–H and O–H groups in total. The summed E-state index contributed by atoms with van der Waals surface area (Å²) in [5.41, 5.74) is 0. The lowest BCUT2D eigenvalue weighted by Crippen LogP contribution is -2.35. The largest absolute Gasteiger partial charge is 0.469 e. The quantitative estimate of drug-likeness (QED) is 0.588. The third kappa shape index (κ3) is 3.92. The Morgan fingerprint density at radius 1 is 1.56 bits per heavy atom. The highest BCUT2D eigenvalue weighted by atomic mass is 32.2. The number of carbonyl (C=O) groups is 2. The second-order valence-electron chi connectivity index (χ2n) is 3.67. The molecule has 1 fully saturated rings. The molecule has 0 aromatic rings. The SMILES string of the molecule is COC(=O)CCSCC1CCCN1C(=O)O. The molecule has 1 amide bonds. The van der Waals surface area contributed by atoms with Gasteiger partial charge in [-0.2, -0.15) is 11.8 Å². The Kier molecular flexibility index (Phi) is 5.45. The van der Waals surface area contributed by atoms with Crippen molar-refractivity contribution in [2.24, 2.45) is 0 Å². The molecule has 0 aromatic heterocycles. The number of methoxy groups -OCH3 is 1. The molecule has 0 radical (unpaired) electrons. The van der Waals surface area contributed by atoms with Crippen LogP contribution in [0, 0.1) is 0 Å². The summed E-state index contributed by atoms with van der Waals surface area (Å²) in [5, 5.41) is 8.91. The van der Waals surface area contributed by atoms with Gasteiger partial charge in [-0.25, -0.2) is 4.79 Å². The number of thioether (sulfide) groups is 1. The van der Waals surface area contributed by atoms with Crippen molar-refractivity contribution in [1.29, 1.82) is 0 Å². The van der Waals surface area contributed by atoms with E-state index in [2.05, 4.69) is 4.74 Å². The molecule has 0 aliphatic carbocycles. The maximum Gasteiger partial charge on any atom is 0.407 e. The van der Waals surface area contributed by atoms with Gasteiger partial charge >= 0.3 is 12.1 Å². The van der Waals surface area contributed by atoms with Gasteiger partial charge in [-0.15, -0.1) is 0 Å². The van der Waals surface area contributed by atoms with E-state index in [0.29, 0.717) is 18.7 Å². The first-order valence-electron chi connectivity index (χ1n) is 5.29. The number of amides is 1. The highest BCUT2D eigenvalue weighted by molar-refractivity contribution is 7.99. The minimum atomic E-state index is -0.837. The van der Waals surface area contributed by atoms with E-state index >= 15 is 0 Å². The van der Waals surface area contributed by atoms with Gasteiger partial charge in [0.25, 0.3) is 0 Å². The molecule has 1 saturated heterocycles. The molecule has 0 saturated carbocycles. The molecule has 1 aliphatic rings. The first-order chi connectivity index (χ1) is 7.65. The van der Waals surface area contributed by atoms with E-state index in [4.69, 9.17) is 5.11 Å². The van der Waals surface area contributed by atoms with Crippen molar-refractivity contribution in [2.75, 3.05) is 25.2 Å². The van der Waals surface area contributed by atoms with Gasteiger partial charge in [0.05, 0.1) is 13.5 Å². The third-order valence-electron chi connectivity index (χ3n) is 2.61. The summed E-state index contributed by atoms with van der Waals surface area (Å²) in [6.45, 7) is 0.636. The topological polar surface area (TPSA) is 66.8 Å². The fourth-order valence-corrected chi connectivity index (χ4v) is 2.83. The summed E-state index contributed by atoms with van der Waals surface area (Å²) >= 11 is 1.61. The van der Waals surface area contributed by atoms with Crippen LogP contribution in [0.4, 0.5) is 4.79 Å². The summed E-state index contributed by atoms with van der Waals surface area (Å²) in [5.74, 6) is 1.24. The molecule has 0 bridgehead atoms. The smallest absolute Gasteiger partial charge is 0.407 e. The molecule has 1 atom stereocenters. The van der Waals surface area contributed by atoms with Crippen LogP contribution < -0.4 is 0 Å². The Hall–Kier alpha value is -0.910. The van der Waals surface area contributed by atoms with Crippen LogP contribution in [0.2, 0.25) is 0 Å². The average molecular weight is 247 g/mol. The standard InChI is InChI=1S/C10H17NO4S/c1-15-9(12)4-6-16-7-8-3-2-5-11(8)10(13)14/h8H,2-7H2,1H3,(H,13,14). The van der Waals surface area contributed by atoms with Gasteiger partial charge < -0.3 is 14.7 Å². The zero-order valence-corrected chi connectivity index (χ0v) is 10.2. The minimum absolute atomic E-state index is 0.111. The number of esters is 1. The van der Waals surface area contributed by atoms with E-state index in [1.165, 1.54) is 12.0 Å². The van der Waals surface area contributed by atoms with Crippen molar-refractivity contribution < 1.29 is 19.4 Å². The minimum Gasteiger partial charge on any atom is -0.469 e. The zero-order valence-electron chi connectivity index (χ0n) is 9.35. The van der Waals surface area contributed by atoms with Crippen LogP contribution in [-0.2, 0) is 9.53 Å². The first-order valence-corrected chi connectivity index (χ1v) is 6.44. The van der Waals surface area contributed by atoms with Gasteiger partial charge in [-0.3, -0.25) is 4.79 Å². The lowest BCUT2D eigenvalue weighted by molar-refractivity contribution is -0.140. The summed E-state index contributed by atoms with van der Waals surface area (Å²) < 4.78 is 4.52. The fourth-order valence-electron chi connectivity index (χ4n) is 1.74. The fraction of sp³-hybridized carbons (Fsp3) is 0.800. The third-order valence-corrected chi connectivity index (χ3v) is 3.72. The van der Waals surface area contributed by atoms with Crippen molar-refractivity contribution >= 4 is 23.8 Å². The van der Waals surface area contributed by atoms with Gasteiger partial charge in [-0.05, 0) is 12.8 Å². The predicted octanol–water partition coefficient (Wildman–Crippen LogP) is 1.43. The normalized spacial score (nSPS) is 19.8. The molecule has 0 spiro atoms. The van der Waals surface area contributed by atoms with E-state index < -0.39 is 6.09 Å². The number of hydrogen-bond donors (Lipinski definition) is 1. The van der Waals surface area contributed by atoms with Gasteiger partial charge in [0.15, 0.2) is 0 Å². The molecule has 5 nitrogen and oxygen atoms in total. The molecule has 6 heteroatoms. The maximum absolute atomic E-state index is 10.8. The van der Waals surface area contributed by atoms with Crippen LogP contribution in [0.15, 0.2) is 0 Å². The molecular weight excluding hydrogens is 230 g/mol. The van der Waals surface area contributed by atoms with E-state index in [1.54, 1.807) is 11.8 Å². The lowest BCUT2D eigenvalue weighted by atomic mass is 10.2. The van der Waals surface area contributed by atoms with E-state index in [0.717, 1.165) is 18.6 Å². The highest BCUT2D eigenvalue weighted by Gasteiger charge is 2.27. The summed E-state index contributed by atoms with van der Waals surface area (Å²) in [4.78, 5) is 23.2. The second kappa shape index (κ2) is 6.62. The number of nitrogens with zero attached hydrogens (tertiary/aromatic N) is 1. The lowest BCUT2D eigenvalue weighted by Gasteiger charge is -2.20. The van der Waals surface area contributed by atoms with Gasteiger partial charge in [0.1, 0.15) is 0 Å². The molecule has 0 aromatic carbocycles. The number of carbonyl (C=O) groups excluding carboxylic acids is 1. The predicted molar refractivity (Wildman–Crippen MR) is 61.7 cm³/mol. The molecule has 1 heterocycles. The zero-order chi connectivity index (χ0) is 12.0. The Balaban J connectivity index is 2.17. The van der Waals surface area contributed by atoms with Crippen molar-refractivity contribution in [3.05, 3.63) is 0 Å². The summed E-state index contributed by atoms with van der Waals surface area (Å²) in [7, 11) is 1.37. The number of ether oxygens (including phenoxy) is 1.